The molecule has 0 aromatic heterocycles. The molecule has 1 unspecified atom stereocenters. The zero-order valence-corrected chi connectivity index (χ0v) is 7.77. The molecule has 0 amide bonds. The van der Waals surface area contributed by atoms with Crippen molar-refractivity contribution in [2.45, 2.75) is 20.3 Å². The van der Waals surface area contributed by atoms with E-state index in [-0.39, 0.29) is 0 Å². The lowest BCUT2D eigenvalue weighted by Gasteiger charge is -2.12. The van der Waals surface area contributed by atoms with Gasteiger partial charge in [-0.25, -0.2) is 4.57 Å². The second-order valence-corrected chi connectivity index (χ2v) is 4.07. The molecule has 0 aromatic rings. The molecular formula is C7H13O3P. The molecule has 0 spiro atoms. The van der Waals surface area contributed by atoms with Gasteiger partial charge in [-0.1, -0.05) is 13.3 Å². The Kier molecular flexibility index (Phi) is 5.02. The molecule has 0 aromatic carbocycles. The maximum absolute atomic E-state index is 11.4. The fourth-order valence-electron chi connectivity index (χ4n) is 0.687. The summed E-state index contributed by atoms with van der Waals surface area (Å²) < 4.78 is 20.9. The van der Waals surface area contributed by atoms with Gasteiger partial charge in [0.1, 0.15) is 6.11 Å². The van der Waals surface area contributed by atoms with Gasteiger partial charge in [-0.2, -0.15) is 0 Å². The zero-order valence-electron chi connectivity index (χ0n) is 6.87. The van der Waals surface area contributed by atoms with Crippen molar-refractivity contribution >= 4 is 7.60 Å². The van der Waals surface area contributed by atoms with Gasteiger partial charge in [-0.15, -0.1) is 0 Å². The highest BCUT2D eigenvalue weighted by atomic mass is 31.2. The lowest BCUT2D eigenvalue weighted by molar-refractivity contribution is 0.269. The van der Waals surface area contributed by atoms with Crippen LogP contribution in [-0.2, 0) is 13.6 Å². The predicted octanol–water partition coefficient (Wildman–Crippen LogP) is 2.23. The van der Waals surface area contributed by atoms with Crippen LogP contribution in [-0.4, -0.2) is 12.8 Å². The van der Waals surface area contributed by atoms with Crippen molar-refractivity contribution in [3.8, 4) is 12.5 Å². The predicted molar refractivity (Wildman–Crippen MR) is 44.3 cm³/mol. The lowest BCUT2D eigenvalue weighted by Crippen LogP contribution is -1.95. The third-order valence-corrected chi connectivity index (χ3v) is 3.05. The second kappa shape index (κ2) is 5.23. The summed E-state index contributed by atoms with van der Waals surface area (Å²) in [4.78, 5) is 0. The molecule has 0 bridgehead atoms. The SMILES string of the molecule is C#COP(=O)(CCC)OCC. The molecule has 0 aliphatic heterocycles. The highest BCUT2D eigenvalue weighted by Crippen LogP contribution is 2.47. The molecule has 11 heavy (non-hydrogen) atoms. The summed E-state index contributed by atoms with van der Waals surface area (Å²) in [6, 6.07) is 0. The maximum Gasteiger partial charge on any atom is 0.387 e. The Morgan fingerprint density at radius 1 is 1.55 bits per heavy atom. The van der Waals surface area contributed by atoms with E-state index in [4.69, 9.17) is 10.9 Å². The number of hydrogen-bond acceptors (Lipinski definition) is 3. The van der Waals surface area contributed by atoms with Gasteiger partial charge < -0.3 is 4.52 Å². The molecular weight excluding hydrogens is 163 g/mol. The van der Waals surface area contributed by atoms with Crippen LogP contribution in [0.25, 0.3) is 0 Å². The number of rotatable bonds is 5. The van der Waals surface area contributed by atoms with Crippen molar-refractivity contribution in [3.63, 3.8) is 0 Å². The molecule has 0 aliphatic rings. The standard InChI is InChI=1S/C7H13O3P/c1-4-7-11(8,9-5-2)10-6-3/h2H,4,6-7H2,1,3H3. The smallest absolute Gasteiger partial charge is 0.371 e. The van der Waals surface area contributed by atoms with Crippen LogP contribution in [0.4, 0.5) is 0 Å². The van der Waals surface area contributed by atoms with E-state index in [2.05, 4.69) is 4.52 Å². The van der Waals surface area contributed by atoms with Crippen molar-refractivity contribution in [2.24, 2.45) is 0 Å². The molecule has 0 rings (SSSR count). The first-order valence-corrected chi connectivity index (χ1v) is 5.29. The molecule has 0 saturated heterocycles. The molecule has 0 saturated carbocycles. The van der Waals surface area contributed by atoms with Gasteiger partial charge in [0.15, 0.2) is 0 Å². The van der Waals surface area contributed by atoms with E-state index < -0.39 is 7.60 Å². The third-order valence-electron chi connectivity index (χ3n) is 1.02. The quantitative estimate of drug-likeness (QED) is 0.476. The summed E-state index contributed by atoms with van der Waals surface area (Å²) >= 11 is 0. The molecule has 3 nitrogen and oxygen atoms in total. The summed E-state index contributed by atoms with van der Waals surface area (Å²) in [7, 11) is -2.96. The zero-order chi connectivity index (χ0) is 8.74. The van der Waals surface area contributed by atoms with E-state index >= 15 is 0 Å². The average molecular weight is 176 g/mol. The third kappa shape index (κ3) is 4.08. The second-order valence-electron chi connectivity index (χ2n) is 1.96. The van der Waals surface area contributed by atoms with Crippen LogP contribution in [0.1, 0.15) is 20.3 Å². The van der Waals surface area contributed by atoms with Crippen LogP contribution in [0.2, 0.25) is 0 Å². The van der Waals surface area contributed by atoms with Crippen molar-refractivity contribution in [1.29, 1.82) is 0 Å². The Morgan fingerprint density at radius 3 is 2.55 bits per heavy atom. The molecule has 4 heteroatoms. The van der Waals surface area contributed by atoms with E-state index in [9.17, 15) is 4.57 Å². The largest absolute Gasteiger partial charge is 0.387 e. The minimum atomic E-state index is -2.96. The Morgan fingerprint density at radius 2 is 2.18 bits per heavy atom. The summed E-state index contributed by atoms with van der Waals surface area (Å²) in [6.45, 7) is 4.01. The van der Waals surface area contributed by atoms with Crippen LogP contribution < -0.4 is 0 Å². The van der Waals surface area contributed by atoms with Gasteiger partial charge in [0, 0.05) is 0 Å². The molecule has 1 atom stereocenters. The number of hydrogen-bond donors (Lipinski definition) is 0. The van der Waals surface area contributed by atoms with Crippen molar-refractivity contribution < 1.29 is 13.6 Å². The van der Waals surface area contributed by atoms with Gasteiger partial charge >= 0.3 is 7.60 Å². The van der Waals surface area contributed by atoms with E-state index in [0.717, 1.165) is 6.42 Å². The first kappa shape index (κ1) is 10.6. The summed E-state index contributed by atoms with van der Waals surface area (Å²) in [5.41, 5.74) is 0. The Bertz CT molecular complexity index is 173. The topological polar surface area (TPSA) is 35.5 Å². The van der Waals surface area contributed by atoms with Gasteiger partial charge in [0.2, 0.25) is 0 Å². The normalized spacial score (nSPS) is 15.0. The van der Waals surface area contributed by atoms with Crippen LogP contribution in [0.15, 0.2) is 0 Å². The maximum atomic E-state index is 11.4. The molecule has 0 fully saturated rings. The minimum absolute atomic E-state index is 0.360. The first-order chi connectivity index (χ1) is 5.18. The Hall–Kier alpha value is -0.450. The van der Waals surface area contributed by atoms with Crippen molar-refractivity contribution in [2.75, 3.05) is 12.8 Å². The van der Waals surface area contributed by atoms with Crippen molar-refractivity contribution in [3.05, 3.63) is 0 Å². The van der Waals surface area contributed by atoms with Crippen LogP contribution in [0.5, 0.6) is 0 Å². The van der Waals surface area contributed by atoms with E-state index in [0.29, 0.717) is 12.8 Å². The van der Waals surface area contributed by atoms with Crippen LogP contribution in [0.3, 0.4) is 0 Å². The first-order valence-electron chi connectivity index (χ1n) is 3.56. The molecule has 64 valence electrons. The summed E-state index contributed by atoms with van der Waals surface area (Å²) in [5, 5.41) is 0. The fraction of sp³-hybridized carbons (Fsp3) is 0.714. The van der Waals surface area contributed by atoms with Gasteiger partial charge in [0.25, 0.3) is 0 Å². The highest BCUT2D eigenvalue weighted by molar-refractivity contribution is 7.53. The van der Waals surface area contributed by atoms with Crippen LogP contribution >= 0.6 is 7.60 Å². The minimum Gasteiger partial charge on any atom is -0.371 e. The van der Waals surface area contributed by atoms with E-state index in [1.807, 2.05) is 13.0 Å². The van der Waals surface area contributed by atoms with Gasteiger partial charge in [-0.05, 0) is 13.3 Å². The average Bonchev–Trinajstić information content (AvgIpc) is 1.88. The van der Waals surface area contributed by atoms with E-state index in [1.54, 1.807) is 6.92 Å². The molecule has 0 aliphatic carbocycles. The van der Waals surface area contributed by atoms with Crippen molar-refractivity contribution in [1.82, 2.24) is 0 Å². The highest BCUT2D eigenvalue weighted by Gasteiger charge is 2.22. The van der Waals surface area contributed by atoms with Crippen LogP contribution in [0, 0.1) is 12.5 Å². The summed E-state index contributed by atoms with van der Waals surface area (Å²) in [6.07, 6.45) is 7.86. The van der Waals surface area contributed by atoms with Gasteiger partial charge in [-0.3, -0.25) is 4.52 Å². The fourth-order valence-corrected chi connectivity index (χ4v) is 2.06. The summed E-state index contributed by atoms with van der Waals surface area (Å²) in [5.74, 6) is 0. The van der Waals surface area contributed by atoms with E-state index in [1.165, 1.54) is 0 Å². The molecule has 0 N–H and O–H groups in total. The lowest BCUT2D eigenvalue weighted by atomic mass is 10.6. The monoisotopic (exact) mass is 176 g/mol. The van der Waals surface area contributed by atoms with Gasteiger partial charge in [0.05, 0.1) is 12.8 Å². The Balaban J connectivity index is 4.04. The molecule has 0 heterocycles. The Labute approximate surface area is 67.6 Å². The molecule has 0 radical (unpaired) electrons. The number of terminal acetylenes is 1.